The molecule has 1 aromatic heterocycles. The highest BCUT2D eigenvalue weighted by Crippen LogP contribution is 2.18. The lowest BCUT2D eigenvalue weighted by Gasteiger charge is -2.34. The van der Waals surface area contributed by atoms with Gasteiger partial charge in [0.25, 0.3) is 0 Å². The predicted molar refractivity (Wildman–Crippen MR) is 102 cm³/mol. The molecule has 0 aliphatic carbocycles. The van der Waals surface area contributed by atoms with Gasteiger partial charge in [-0.3, -0.25) is 9.48 Å². The molecular weight excluding hydrogens is 345 g/mol. The Bertz CT molecular complexity index is 721. The molecule has 1 saturated heterocycles. The van der Waals surface area contributed by atoms with Gasteiger partial charge in [0.15, 0.2) is 0 Å². The van der Waals surface area contributed by atoms with E-state index in [9.17, 15) is 9.18 Å². The number of nitrogens with zero attached hydrogens (tertiary/aromatic N) is 5. The van der Waals surface area contributed by atoms with Crippen LogP contribution in [0.2, 0.25) is 0 Å². The Kier molecular flexibility index (Phi) is 6.92. The van der Waals surface area contributed by atoms with Crippen LogP contribution in [0.4, 0.5) is 4.39 Å². The summed E-state index contributed by atoms with van der Waals surface area (Å²) >= 11 is 0. The zero-order valence-corrected chi connectivity index (χ0v) is 15.9. The number of carbonyl (C=O) groups is 1. The van der Waals surface area contributed by atoms with Crippen LogP contribution in [0.1, 0.15) is 24.8 Å². The molecule has 0 unspecified atom stereocenters. The average molecular weight is 373 g/mol. The summed E-state index contributed by atoms with van der Waals surface area (Å²) in [4.78, 5) is 20.5. The van der Waals surface area contributed by atoms with Crippen LogP contribution in [0.25, 0.3) is 0 Å². The molecule has 1 aliphatic rings. The van der Waals surface area contributed by atoms with Gasteiger partial charge in [0.05, 0.1) is 6.54 Å². The maximum Gasteiger partial charge on any atom is 0.224 e. The third kappa shape index (κ3) is 5.85. The molecule has 1 atom stereocenters. The zero-order valence-electron chi connectivity index (χ0n) is 15.9. The predicted octanol–water partition coefficient (Wildman–Crippen LogP) is 2.22. The van der Waals surface area contributed by atoms with Crippen LogP contribution in [0.15, 0.2) is 36.9 Å². The molecule has 2 heterocycles. The number of amides is 1. The van der Waals surface area contributed by atoms with E-state index in [1.165, 1.54) is 12.4 Å². The Balaban J connectivity index is 1.42. The number of benzene rings is 1. The third-order valence-corrected chi connectivity index (χ3v) is 5.24. The first-order valence-electron chi connectivity index (χ1n) is 9.64. The highest BCUT2D eigenvalue weighted by molar-refractivity contribution is 5.75. The fraction of sp³-hybridized carbons (Fsp3) is 0.550. The smallest absolute Gasteiger partial charge is 0.224 e. The fourth-order valence-corrected chi connectivity index (χ4v) is 3.72. The van der Waals surface area contributed by atoms with Gasteiger partial charge in [0.2, 0.25) is 5.91 Å². The van der Waals surface area contributed by atoms with Gasteiger partial charge in [0.1, 0.15) is 18.5 Å². The lowest BCUT2D eigenvalue weighted by molar-refractivity contribution is -0.131. The van der Waals surface area contributed by atoms with Crippen LogP contribution < -0.4 is 0 Å². The van der Waals surface area contributed by atoms with Gasteiger partial charge in [-0.1, -0.05) is 18.2 Å². The van der Waals surface area contributed by atoms with Crippen molar-refractivity contribution in [3.05, 3.63) is 48.3 Å². The van der Waals surface area contributed by atoms with Crippen LogP contribution in [0.3, 0.4) is 0 Å². The molecule has 3 rings (SSSR count). The molecule has 0 spiro atoms. The molecule has 27 heavy (non-hydrogen) atoms. The van der Waals surface area contributed by atoms with Crippen molar-refractivity contribution in [3.63, 3.8) is 0 Å². The van der Waals surface area contributed by atoms with Gasteiger partial charge in [-0.2, -0.15) is 5.10 Å². The highest BCUT2D eigenvalue weighted by Gasteiger charge is 2.22. The van der Waals surface area contributed by atoms with Crippen molar-refractivity contribution in [2.45, 2.75) is 32.2 Å². The molecule has 1 amide bonds. The van der Waals surface area contributed by atoms with Crippen LogP contribution in [0.5, 0.6) is 0 Å². The Labute approximate surface area is 160 Å². The van der Waals surface area contributed by atoms with Gasteiger partial charge >= 0.3 is 0 Å². The summed E-state index contributed by atoms with van der Waals surface area (Å²) in [5.74, 6) is 0.484. The first-order valence-corrected chi connectivity index (χ1v) is 9.64. The van der Waals surface area contributed by atoms with Gasteiger partial charge in [0, 0.05) is 33.1 Å². The summed E-state index contributed by atoms with van der Waals surface area (Å²) in [7, 11) is 1.88. The monoisotopic (exact) mass is 373 g/mol. The summed E-state index contributed by atoms with van der Waals surface area (Å²) in [6.07, 6.45) is 6.53. The Morgan fingerprint density at radius 2 is 2.19 bits per heavy atom. The largest absolute Gasteiger partial charge is 0.345 e. The molecule has 0 N–H and O–H groups in total. The quantitative estimate of drug-likeness (QED) is 0.712. The first-order chi connectivity index (χ1) is 13.1. The van der Waals surface area contributed by atoms with Gasteiger partial charge in [-0.05, 0) is 43.4 Å². The second-order valence-corrected chi connectivity index (χ2v) is 7.33. The lowest BCUT2D eigenvalue weighted by Crippen LogP contribution is -2.42. The molecule has 2 aromatic rings. The van der Waals surface area contributed by atoms with E-state index in [0.29, 0.717) is 18.9 Å². The summed E-state index contributed by atoms with van der Waals surface area (Å²) in [6, 6.07) is 7.00. The van der Waals surface area contributed by atoms with E-state index in [4.69, 9.17) is 0 Å². The third-order valence-electron chi connectivity index (χ3n) is 5.24. The molecular formula is C20H28FN5O. The van der Waals surface area contributed by atoms with Crippen molar-refractivity contribution < 1.29 is 9.18 Å². The lowest BCUT2D eigenvalue weighted by atomic mass is 9.97. The normalized spacial score (nSPS) is 17.8. The number of carbonyl (C=O) groups excluding carboxylic acids is 1. The second kappa shape index (κ2) is 9.60. The number of aromatic nitrogens is 3. The summed E-state index contributed by atoms with van der Waals surface area (Å²) in [6.45, 7) is 4.21. The van der Waals surface area contributed by atoms with E-state index in [0.717, 1.165) is 51.0 Å². The second-order valence-electron chi connectivity index (χ2n) is 7.33. The molecule has 1 fully saturated rings. The topological polar surface area (TPSA) is 54.3 Å². The number of hydrogen-bond acceptors (Lipinski definition) is 4. The minimum absolute atomic E-state index is 0.122. The number of likely N-dealkylation sites (tertiary alicyclic amines) is 1. The number of piperidine rings is 1. The van der Waals surface area contributed by atoms with Gasteiger partial charge in [-0.15, -0.1) is 0 Å². The van der Waals surface area contributed by atoms with Crippen LogP contribution >= 0.6 is 0 Å². The van der Waals surface area contributed by atoms with Gasteiger partial charge in [-0.25, -0.2) is 9.37 Å². The SMILES string of the molecule is CN(C[C@@H]1CCCN(CCc2ccccc2F)C1)C(=O)CCn1cncn1. The van der Waals surface area contributed by atoms with E-state index in [2.05, 4.69) is 15.0 Å². The highest BCUT2D eigenvalue weighted by atomic mass is 19.1. The summed E-state index contributed by atoms with van der Waals surface area (Å²) in [5.41, 5.74) is 0.778. The molecule has 1 aliphatic heterocycles. The van der Waals surface area contributed by atoms with Gasteiger partial charge < -0.3 is 9.80 Å². The van der Waals surface area contributed by atoms with Crippen LogP contribution in [-0.2, 0) is 17.8 Å². The molecule has 1 aromatic carbocycles. The van der Waals surface area contributed by atoms with E-state index >= 15 is 0 Å². The van der Waals surface area contributed by atoms with E-state index in [-0.39, 0.29) is 11.7 Å². The van der Waals surface area contributed by atoms with Crippen LogP contribution in [-0.4, -0.2) is 63.7 Å². The van der Waals surface area contributed by atoms with Crippen molar-refractivity contribution >= 4 is 5.91 Å². The maximum atomic E-state index is 13.8. The van der Waals surface area contributed by atoms with Crippen LogP contribution in [0, 0.1) is 11.7 Å². The van der Waals surface area contributed by atoms with Crippen molar-refractivity contribution in [2.75, 3.05) is 33.2 Å². The van der Waals surface area contributed by atoms with Crippen molar-refractivity contribution in [2.24, 2.45) is 5.92 Å². The molecule has 7 heteroatoms. The van der Waals surface area contributed by atoms with E-state index in [1.807, 2.05) is 24.1 Å². The summed E-state index contributed by atoms with van der Waals surface area (Å²) < 4.78 is 15.5. The van der Waals surface area contributed by atoms with Crippen molar-refractivity contribution in [3.8, 4) is 0 Å². The minimum Gasteiger partial charge on any atom is -0.345 e. The molecule has 0 saturated carbocycles. The minimum atomic E-state index is -0.122. The Morgan fingerprint density at radius 3 is 2.96 bits per heavy atom. The number of halogens is 1. The Hall–Kier alpha value is -2.28. The number of rotatable bonds is 8. The fourth-order valence-electron chi connectivity index (χ4n) is 3.72. The molecule has 0 bridgehead atoms. The Morgan fingerprint density at radius 1 is 1.33 bits per heavy atom. The number of hydrogen-bond donors (Lipinski definition) is 0. The first kappa shape index (κ1) is 19.5. The van der Waals surface area contributed by atoms with Crippen molar-refractivity contribution in [1.82, 2.24) is 24.6 Å². The van der Waals surface area contributed by atoms with E-state index in [1.54, 1.807) is 17.1 Å². The zero-order chi connectivity index (χ0) is 19.1. The van der Waals surface area contributed by atoms with Crippen molar-refractivity contribution in [1.29, 1.82) is 0 Å². The van der Waals surface area contributed by atoms with E-state index < -0.39 is 0 Å². The standard InChI is InChI=1S/C20H28FN5O/c1-24(20(27)9-12-26-16-22-15-23-26)13-17-5-4-10-25(14-17)11-8-18-6-2-3-7-19(18)21/h2-3,6-7,15-17H,4-5,8-14H2,1H3/t17-/m0/s1. The molecule has 6 nitrogen and oxygen atoms in total. The summed E-state index contributed by atoms with van der Waals surface area (Å²) in [5, 5.41) is 4.03. The maximum absolute atomic E-state index is 13.8. The molecule has 146 valence electrons. The molecule has 0 radical (unpaired) electrons. The average Bonchev–Trinajstić information content (AvgIpc) is 3.19. The number of aryl methyl sites for hydroxylation is 1.